The van der Waals surface area contributed by atoms with Gasteiger partial charge >= 0.3 is 0 Å². The first-order valence-electron chi connectivity index (χ1n) is 5.41. The van der Waals surface area contributed by atoms with E-state index in [1.165, 1.54) is 0 Å². The van der Waals surface area contributed by atoms with Crippen LogP contribution < -0.4 is 10.6 Å². The van der Waals surface area contributed by atoms with Crippen molar-refractivity contribution in [3.05, 3.63) is 0 Å². The molecule has 0 aromatic rings. The highest BCUT2D eigenvalue weighted by Gasteiger charge is 2.29. The van der Waals surface area contributed by atoms with Crippen molar-refractivity contribution in [2.75, 3.05) is 26.7 Å². The van der Waals surface area contributed by atoms with E-state index < -0.39 is 0 Å². The van der Waals surface area contributed by atoms with Gasteiger partial charge in [0.1, 0.15) is 0 Å². The lowest BCUT2D eigenvalue weighted by molar-refractivity contribution is -0.130. The minimum absolute atomic E-state index is 0.0122. The van der Waals surface area contributed by atoms with Gasteiger partial charge in [0, 0.05) is 26.1 Å². The van der Waals surface area contributed by atoms with Crippen LogP contribution in [0.3, 0.4) is 0 Å². The fourth-order valence-corrected chi connectivity index (χ4v) is 1.75. The maximum absolute atomic E-state index is 11.6. The van der Waals surface area contributed by atoms with Crippen LogP contribution in [0.5, 0.6) is 0 Å². The quantitative estimate of drug-likeness (QED) is 0.637. The second-order valence-corrected chi connectivity index (χ2v) is 3.66. The molecule has 1 rings (SSSR count). The predicted octanol–water partition coefficient (Wildman–Crippen LogP) is -0.667. The molecule has 1 aliphatic rings. The van der Waals surface area contributed by atoms with Gasteiger partial charge in [0.2, 0.25) is 11.8 Å². The summed E-state index contributed by atoms with van der Waals surface area (Å²) in [6.07, 6.45) is 1.24. The summed E-state index contributed by atoms with van der Waals surface area (Å²) in [7, 11) is 1.79. The summed E-state index contributed by atoms with van der Waals surface area (Å²) in [6.45, 7) is 3.81. The number of rotatable bonds is 5. The van der Waals surface area contributed by atoms with E-state index in [4.69, 9.17) is 0 Å². The molecule has 1 atom stereocenters. The van der Waals surface area contributed by atoms with E-state index >= 15 is 0 Å². The first kappa shape index (κ1) is 12.0. The molecule has 86 valence electrons. The Hall–Kier alpha value is -1.10. The Bertz CT molecular complexity index is 243. The van der Waals surface area contributed by atoms with Gasteiger partial charge in [-0.15, -0.1) is 0 Å². The molecule has 15 heavy (non-hydrogen) atoms. The molecule has 0 aliphatic carbocycles. The van der Waals surface area contributed by atoms with E-state index in [9.17, 15) is 9.59 Å². The largest absolute Gasteiger partial charge is 0.356 e. The number of amides is 2. The molecule has 1 heterocycles. The van der Waals surface area contributed by atoms with Crippen molar-refractivity contribution >= 4 is 11.8 Å². The van der Waals surface area contributed by atoms with Crippen LogP contribution in [0.4, 0.5) is 0 Å². The van der Waals surface area contributed by atoms with Gasteiger partial charge in [-0.2, -0.15) is 0 Å². The molecular weight excluding hydrogens is 194 g/mol. The third kappa shape index (κ3) is 3.20. The molecule has 1 saturated heterocycles. The molecule has 5 heteroatoms. The van der Waals surface area contributed by atoms with Crippen LogP contribution in [-0.4, -0.2) is 49.4 Å². The number of likely N-dealkylation sites (tertiary alicyclic amines) is 1. The highest BCUT2D eigenvalue weighted by Crippen LogP contribution is 2.10. The van der Waals surface area contributed by atoms with Gasteiger partial charge in [-0.3, -0.25) is 9.59 Å². The third-order valence-electron chi connectivity index (χ3n) is 2.63. The Morgan fingerprint density at radius 1 is 1.60 bits per heavy atom. The van der Waals surface area contributed by atoms with Crippen molar-refractivity contribution in [2.24, 2.45) is 0 Å². The zero-order chi connectivity index (χ0) is 11.3. The van der Waals surface area contributed by atoms with E-state index in [0.717, 1.165) is 13.0 Å². The number of carbonyl (C=O) groups excluding carboxylic acids is 2. The number of nitrogens with one attached hydrogen (secondary N) is 2. The molecule has 1 fully saturated rings. The molecule has 0 saturated carbocycles. The standard InChI is InChI=1S/C10H19N3O2/c1-3-12-9(14)5-7-13-6-4-8(11-2)10(13)15/h8,11H,3-7H2,1-2H3,(H,12,14). The predicted molar refractivity (Wildman–Crippen MR) is 57.3 cm³/mol. The van der Waals surface area contributed by atoms with Gasteiger partial charge in [0.15, 0.2) is 0 Å². The van der Waals surface area contributed by atoms with Crippen LogP contribution in [0.2, 0.25) is 0 Å². The van der Waals surface area contributed by atoms with Gasteiger partial charge in [-0.25, -0.2) is 0 Å². The van der Waals surface area contributed by atoms with Gasteiger partial charge in [-0.05, 0) is 20.4 Å². The summed E-state index contributed by atoms with van der Waals surface area (Å²) < 4.78 is 0. The first-order chi connectivity index (χ1) is 7.19. The van der Waals surface area contributed by atoms with Crippen LogP contribution in [-0.2, 0) is 9.59 Å². The molecular formula is C10H19N3O2. The Balaban J connectivity index is 2.28. The molecule has 2 N–H and O–H groups in total. The van der Waals surface area contributed by atoms with E-state index in [2.05, 4.69) is 10.6 Å². The molecule has 2 amide bonds. The SMILES string of the molecule is CCNC(=O)CCN1CCC(NC)C1=O. The van der Waals surface area contributed by atoms with Gasteiger partial charge in [0.05, 0.1) is 6.04 Å². The van der Waals surface area contributed by atoms with Crippen molar-refractivity contribution in [1.29, 1.82) is 0 Å². The Morgan fingerprint density at radius 2 is 2.33 bits per heavy atom. The minimum atomic E-state index is -0.0563. The van der Waals surface area contributed by atoms with Gasteiger partial charge in [-0.1, -0.05) is 0 Å². The fourth-order valence-electron chi connectivity index (χ4n) is 1.75. The molecule has 5 nitrogen and oxygen atoms in total. The Kier molecular flexibility index (Phi) is 4.55. The van der Waals surface area contributed by atoms with Crippen molar-refractivity contribution < 1.29 is 9.59 Å². The van der Waals surface area contributed by atoms with Crippen molar-refractivity contribution in [1.82, 2.24) is 15.5 Å². The van der Waals surface area contributed by atoms with E-state index in [1.807, 2.05) is 6.92 Å². The first-order valence-corrected chi connectivity index (χ1v) is 5.41. The van der Waals surface area contributed by atoms with E-state index in [-0.39, 0.29) is 17.9 Å². The summed E-state index contributed by atoms with van der Waals surface area (Å²) in [5.74, 6) is 0.125. The van der Waals surface area contributed by atoms with Crippen LogP contribution in [0, 0.1) is 0 Å². The zero-order valence-corrected chi connectivity index (χ0v) is 9.38. The molecule has 0 radical (unpaired) electrons. The van der Waals surface area contributed by atoms with Crippen LogP contribution in [0.25, 0.3) is 0 Å². The lowest BCUT2D eigenvalue weighted by Crippen LogP contribution is -2.38. The monoisotopic (exact) mass is 213 g/mol. The van der Waals surface area contributed by atoms with Crippen LogP contribution in [0.15, 0.2) is 0 Å². The number of hydrogen-bond donors (Lipinski definition) is 2. The third-order valence-corrected chi connectivity index (χ3v) is 2.63. The molecule has 1 unspecified atom stereocenters. The average molecular weight is 213 g/mol. The maximum atomic E-state index is 11.6. The summed E-state index contributed by atoms with van der Waals surface area (Å²) in [5.41, 5.74) is 0. The Labute approximate surface area is 90.2 Å². The summed E-state index contributed by atoms with van der Waals surface area (Å²) >= 11 is 0. The maximum Gasteiger partial charge on any atom is 0.239 e. The molecule has 0 aromatic heterocycles. The number of nitrogens with zero attached hydrogens (tertiary/aromatic N) is 1. The van der Waals surface area contributed by atoms with Gasteiger partial charge < -0.3 is 15.5 Å². The molecule has 0 spiro atoms. The minimum Gasteiger partial charge on any atom is -0.356 e. The number of hydrogen-bond acceptors (Lipinski definition) is 3. The van der Waals surface area contributed by atoms with E-state index in [0.29, 0.717) is 19.5 Å². The summed E-state index contributed by atoms with van der Waals surface area (Å²) in [6, 6.07) is -0.0563. The average Bonchev–Trinajstić information content (AvgIpc) is 2.57. The Morgan fingerprint density at radius 3 is 2.87 bits per heavy atom. The second kappa shape index (κ2) is 5.70. The highest BCUT2D eigenvalue weighted by molar-refractivity contribution is 5.84. The smallest absolute Gasteiger partial charge is 0.239 e. The zero-order valence-electron chi connectivity index (χ0n) is 9.38. The molecule has 1 aliphatic heterocycles. The number of likely N-dealkylation sites (N-methyl/N-ethyl adjacent to an activating group) is 1. The lowest BCUT2D eigenvalue weighted by Gasteiger charge is -2.15. The normalized spacial score (nSPS) is 20.8. The topological polar surface area (TPSA) is 61.4 Å². The summed E-state index contributed by atoms with van der Waals surface area (Å²) in [4.78, 5) is 24.6. The fraction of sp³-hybridized carbons (Fsp3) is 0.800. The number of carbonyl (C=O) groups is 2. The lowest BCUT2D eigenvalue weighted by atomic mass is 10.2. The van der Waals surface area contributed by atoms with Crippen molar-refractivity contribution in [2.45, 2.75) is 25.8 Å². The summed E-state index contributed by atoms with van der Waals surface area (Å²) in [5, 5.41) is 5.68. The van der Waals surface area contributed by atoms with Crippen molar-refractivity contribution in [3.8, 4) is 0 Å². The van der Waals surface area contributed by atoms with Crippen LogP contribution in [0.1, 0.15) is 19.8 Å². The van der Waals surface area contributed by atoms with Crippen molar-refractivity contribution in [3.63, 3.8) is 0 Å². The van der Waals surface area contributed by atoms with Gasteiger partial charge in [0.25, 0.3) is 0 Å². The second-order valence-electron chi connectivity index (χ2n) is 3.66. The van der Waals surface area contributed by atoms with Crippen LogP contribution >= 0.6 is 0 Å². The molecule has 0 bridgehead atoms. The molecule has 0 aromatic carbocycles. The van der Waals surface area contributed by atoms with E-state index in [1.54, 1.807) is 11.9 Å². The highest BCUT2D eigenvalue weighted by atomic mass is 16.2.